The van der Waals surface area contributed by atoms with E-state index in [1.165, 1.54) is 0 Å². The van der Waals surface area contributed by atoms with E-state index in [4.69, 9.17) is 4.74 Å². The van der Waals surface area contributed by atoms with Crippen LogP contribution in [0.3, 0.4) is 0 Å². The van der Waals surface area contributed by atoms with E-state index in [9.17, 15) is 9.90 Å². The predicted octanol–water partition coefficient (Wildman–Crippen LogP) is 3.08. The molecule has 2 saturated carbocycles. The van der Waals surface area contributed by atoms with Crippen LogP contribution in [0.15, 0.2) is 0 Å². The van der Waals surface area contributed by atoms with Crippen molar-refractivity contribution in [2.24, 2.45) is 23.2 Å². The minimum Gasteiger partial charge on any atom is -0.481 e. The number of carboxylic acid groups (broad SMARTS) is 1. The maximum Gasteiger partial charge on any atom is 0.306 e. The molecule has 1 N–H and O–H groups in total. The fraction of sp³-hybridized carbons (Fsp3) is 0.933. The van der Waals surface area contributed by atoms with Crippen molar-refractivity contribution in [3.8, 4) is 0 Å². The molecule has 3 fully saturated rings. The molecule has 3 nitrogen and oxygen atoms in total. The van der Waals surface area contributed by atoms with Gasteiger partial charge in [-0.25, -0.2) is 0 Å². The molecule has 0 radical (unpaired) electrons. The number of hydrogen-bond acceptors (Lipinski definition) is 2. The van der Waals surface area contributed by atoms with Crippen LogP contribution in [0.2, 0.25) is 0 Å². The predicted molar refractivity (Wildman–Crippen MR) is 68.2 cm³/mol. The van der Waals surface area contributed by atoms with Gasteiger partial charge in [-0.1, -0.05) is 13.8 Å². The smallest absolute Gasteiger partial charge is 0.306 e. The SMILES string of the molecule is CC1(C)C[C@H]2[C@H]1CC[C@@]1(C)O[C@@H]1CC[C@H]2C(=O)O. The number of rotatable bonds is 1. The Hall–Kier alpha value is -0.570. The standard InChI is InChI=1S/C15H24O3/c1-14(2)8-10-9(13(16)17)4-5-12-15(3,18-12)7-6-11(10)14/h9-12H,4-8H2,1-3H3,(H,16,17)/t9-,10-,11-,12-,15-/m1/s1. The quantitative estimate of drug-likeness (QED) is 0.730. The summed E-state index contributed by atoms with van der Waals surface area (Å²) < 4.78 is 5.79. The lowest BCUT2D eigenvalue weighted by Crippen LogP contribution is -2.49. The van der Waals surface area contributed by atoms with Crippen molar-refractivity contribution >= 4 is 5.97 Å². The lowest BCUT2D eigenvalue weighted by atomic mass is 9.50. The van der Waals surface area contributed by atoms with Crippen LogP contribution in [-0.2, 0) is 9.53 Å². The van der Waals surface area contributed by atoms with Crippen LogP contribution in [0, 0.1) is 23.2 Å². The van der Waals surface area contributed by atoms with Crippen molar-refractivity contribution in [2.45, 2.75) is 64.6 Å². The van der Waals surface area contributed by atoms with Crippen LogP contribution in [0.25, 0.3) is 0 Å². The van der Waals surface area contributed by atoms with Crippen molar-refractivity contribution in [3.63, 3.8) is 0 Å². The fourth-order valence-electron chi connectivity index (χ4n) is 4.52. The molecule has 102 valence electrons. The monoisotopic (exact) mass is 252 g/mol. The molecule has 0 aromatic carbocycles. The van der Waals surface area contributed by atoms with Gasteiger partial charge in [0.05, 0.1) is 17.6 Å². The molecule has 3 heteroatoms. The van der Waals surface area contributed by atoms with Crippen LogP contribution in [0.1, 0.15) is 52.9 Å². The Kier molecular flexibility index (Phi) is 2.58. The zero-order valence-corrected chi connectivity index (χ0v) is 11.6. The molecule has 2 aliphatic carbocycles. The molecular formula is C15H24O3. The first-order valence-electron chi connectivity index (χ1n) is 7.24. The van der Waals surface area contributed by atoms with Gasteiger partial charge in [0.25, 0.3) is 0 Å². The zero-order valence-electron chi connectivity index (χ0n) is 11.6. The van der Waals surface area contributed by atoms with Crippen LogP contribution in [0.4, 0.5) is 0 Å². The van der Waals surface area contributed by atoms with Crippen LogP contribution >= 0.6 is 0 Å². The highest BCUT2D eigenvalue weighted by molar-refractivity contribution is 5.70. The largest absolute Gasteiger partial charge is 0.481 e. The first kappa shape index (κ1) is 12.5. The van der Waals surface area contributed by atoms with Gasteiger partial charge in [0.1, 0.15) is 0 Å². The Balaban J connectivity index is 1.81. The third-order valence-electron chi connectivity index (χ3n) is 5.84. The Morgan fingerprint density at radius 3 is 2.56 bits per heavy atom. The van der Waals surface area contributed by atoms with E-state index >= 15 is 0 Å². The Morgan fingerprint density at radius 1 is 1.22 bits per heavy atom. The molecule has 0 bridgehead atoms. The highest BCUT2D eigenvalue weighted by Crippen LogP contribution is 2.59. The molecule has 0 aromatic rings. The lowest BCUT2D eigenvalue weighted by Gasteiger charge is -2.54. The van der Waals surface area contributed by atoms with E-state index in [1.54, 1.807) is 0 Å². The van der Waals surface area contributed by atoms with Gasteiger partial charge in [0.2, 0.25) is 0 Å². The third kappa shape index (κ3) is 1.78. The van der Waals surface area contributed by atoms with Gasteiger partial charge in [-0.15, -0.1) is 0 Å². The second-order valence-corrected chi connectivity index (χ2v) is 7.44. The van der Waals surface area contributed by atoms with Gasteiger partial charge < -0.3 is 9.84 Å². The Bertz CT molecular complexity index is 376. The summed E-state index contributed by atoms with van der Waals surface area (Å²) in [6.45, 7) is 6.77. The van der Waals surface area contributed by atoms with E-state index in [0.29, 0.717) is 23.4 Å². The zero-order chi connectivity index (χ0) is 13.1. The second kappa shape index (κ2) is 3.72. The summed E-state index contributed by atoms with van der Waals surface area (Å²) >= 11 is 0. The normalized spacial score (nSPS) is 49.7. The van der Waals surface area contributed by atoms with Crippen LogP contribution in [0.5, 0.6) is 0 Å². The minimum atomic E-state index is -0.593. The summed E-state index contributed by atoms with van der Waals surface area (Å²) in [7, 11) is 0. The van der Waals surface area contributed by atoms with Crippen LogP contribution in [-0.4, -0.2) is 22.8 Å². The lowest BCUT2D eigenvalue weighted by molar-refractivity contribution is -0.152. The van der Waals surface area contributed by atoms with E-state index in [1.807, 2.05) is 0 Å². The second-order valence-electron chi connectivity index (χ2n) is 7.44. The van der Waals surface area contributed by atoms with Gasteiger partial charge in [-0.05, 0) is 56.3 Å². The molecule has 5 atom stereocenters. The number of hydrogen-bond donors (Lipinski definition) is 1. The highest BCUT2D eigenvalue weighted by atomic mass is 16.6. The maximum absolute atomic E-state index is 11.5. The molecule has 0 unspecified atom stereocenters. The number of epoxide rings is 1. The van der Waals surface area contributed by atoms with E-state index in [0.717, 1.165) is 32.1 Å². The number of fused-ring (bicyclic) bond motifs is 2. The van der Waals surface area contributed by atoms with Crippen molar-refractivity contribution in [1.82, 2.24) is 0 Å². The molecule has 0 spiro atoms. The first-order valence-corrected chi connectivity index (χ1v) is 7.24. The van der Waals surface area contributed by atoms with Crippen molar-refractivity contribution in [1.29, 1.82) is 0 Å². The topological polar surface area (TPSA) is 49.8 Å². The van der Waals surface area contributed by atoms with Crippen molar-refractivity contribution < 1.29 is 14.6 Å². The average Bonchev–Trinajstić information content (AvgIpc) is 2.86. The highest BCUT2D eigenvalue weighted by Gasteiger charge is 2.58. The number of ether oxygens (including phenoxy) is 1. The van der Waals surface area contributed by atoms with Crippen LogP contribution < -0.4 is 0 Å². The molecule has 0 amide bonds. The molecule has 3 aliphatic rings. The van der Waals surface area contributed by atoms with Gasteiger partial charge >= 0.3 is 5.97 Å². The molecular weight excluding hydrogens is 228 g/mol. The number of carboxylic acids is 1. The first-order chi connectivity index (χ1) is 8.33. The van der Waals surface area contributed by atoms with Crippen molar-refractivity contribution in [3.05, 3.63) is 0 Å². The van der Waals surface area contributed by atoms with E-state index in [2.05, 4.69) is 20.8 Å². The van der Waals surface area contributed by atoms with Gasteiger partial charge in [0.15, 0.2) is 0 Å². The van der Waals surface area contributed by atoms with Gasteiger partial charge in [0, 0.05) is 0 Å². The number of carbonyl (C=O) groups is 1. The minimum absolute atomic E-state index is 0.0591. The fourth-order valence-corrected chi connectivity index (χ4v) is 4.52. The Morgan fingerprint density at radius 2 is 1.94 bits per heavy atom. The number of aliphatic carboxylic acids is 1. The molecule has 3 rings (SSSR count). The summed E-state index contributed by atoms with van der Waals surface area (Å²) in [4.78, 5) is 11.5. The molecule has 1 heterocycles. The third-order valence-corrected chi connectivity index (χ3v) is 5.84. The van der Waals surface area contributed by atoms with Crippen molar-refractivity contribution in [2.75, 3.05) is 0 Å². The summed E-state index contributed by atoms with van der Waals surface area (Å²) in [5.41, 5.74) is 0.382. The van der Waals surface area contributed by atoms with Gasteiger partial charge in [-0.2, -0.15) is 0 Å². The summed E-state index contributed by atoms with van der Waals surface area (Å²) in [5.74, 6) is 0.233. The molecule has 1 saturated heterocycles. The average molecular weight is 252 g/mol. The van der Waals surface area contributed by atoms with E-state index < -0.39 is 5.97 Å². The maximum atomic E-state index is 11.5. The molecule has 1 aliphatic heterocycles. The van der Waals surface area contributed by atoms with Gasteiger partial charge in [-0.3, -0.25) is 4.79 Å². The molecule has 0 aromatic heterocycles. The van der Waals surface area contributed by atoms with E-state index in [-0.39, 0.29) is 11.5 Å². The summed E-state index contributed by atoms with van der Waals surface area (Å²) in [6.07, 6.45) is 5.36. The Labute approximate surface area is 109 Å². The summed E-state index contributed by atoms with van der Waals surface area (Å²) in [5, 5.41) is 9.46. The molecule has 18 heavy (non-hydrogen) atoms. The summed E-state index contributed by atoms with van der Waals surface area (Å²) in [6, 6.07) is 0.